The molecule has 1 aliphatic rings. The van der Waals surface area contributed by atoms with Crippen molar-refractivity contribution >= 4 is 6.08 Å². The van der Waals surface area contributed by atoms with Crippen molar-refractivity contribution in [1.82, 2.24) is 5.32 Å². The molecule has 98 valence electrons. The third kappa shape index (κ3) is 4.41. The molecule has 0 aliphatic heterocycles. The van der Waals surface area contributed by atoms with Gasteiger partial charge >= 0.3 is 6.36 Å². The molecule has 0 spiro atoms. The molecule has 0 radical (unpaired) electrons. The SMILES string of the molecule is FC(F)(F)Oc1ccccc1C=CCNC1CC1. The van der Waals surface area contributed by atoms with E-state index in [4.69, 9.17) is 0 Å². The van der Waals surface area contributed by atoms with E-state index in [1.54, 1.807) is 24.3 Å². The smallest absolute Gasteiger partial charge is 0.405 e. The first-order chi connectivity index (χ1) is 8.54. The molecule has 1 saturated carbocycles. The Labute approximate surface area is 103 Å². The van der Waals surface area contributed by atoms with Gasteiger partial charge in [0.2, 0.25) is 0 Å². The van der Waals surface area contributed by atoms with Gasteiger partial charge in [-0.2, -0.15) is 0 Å². The van der Waals surface area contributed by atoms with Crippen LogP contribution < -0.4 is 10.1 Å². The van der Waals surface area contributed by atoms with Crippen LogP contribution in [0.2, 0.25) is 0 Å². The summed E-state index contributed by atoms with van der Waals surface area (Å²) in [4.78, 5) is 0. The molecule has 1 aliphatic carbocycles. The maximum atomic E-state index is 12.2. The van der Waals surface area contributed by atoms with Crippen LogP contribution in [0.1, 0.15) is 18.4 Å². The summed E-state index contributed by atoms with van der Waals surface area (Å²) >= 11 is 0. The Morgan fingerprint density at radius 2 is 2.00 bits per heavy atom. The van der Waals surface area contributed by atoms with E-state index in [0.29, 0.717) is 18.2 Å². The van der Waals surface area contributed by atoms with Gasteiger partial charge in [-0.15, -0.1) is 13.2 Å². The van der Waals surface area contributed by atoms with Gasteiger partial charge in [-0.05, 0) is 18.9 Å². The molecule has 0 aromatic heterocycles. The van der Waals surface area contributed by atoms with Crippen LogP contribution in [0.3, 0.4) is 0 Å². The van der Waals surface area contributed by atoms with Gasteiger partial charge in [0.25, 0.3) is 0 Å². The maximum Gasteiger partial charge on any atom is 0.573 e. The van der Waals surface area contributed by atoms with E-state index in [2.05, 4.69) is 10.1 Å². The molecule has 0 unspecified atom stereocenters. The largest absolute Gasteiger partial charge is 0.573 e. The Morgan fingerprint density at radius 1 is 1.28 bits per heavy atom. The number of halogens is 3. The minimum Gasteiger partial charge on any atom is -0.405 e. The van der Waals surface area contributed by atoms with Crippen molar-refractivity contribution in [3.05, 3.63) is 35.9 Å². The third-order valence-electron chi connectivity index (χ3n) is 2.54. The lowest BCUT2D eigenvalue weighted by Gasteiger charge is -2.10. The van der Waals surface area contributed by atoms with Gasteiger partial charge in [0, 0.05) is 18.2 Å². The van der Waals surface area contributed by atoms with Crippen LogP contribution in [0, 0.1) is 0 Å². The summed E-state index contributed by atoms with van der Waals surface area (Å²) in [7, 11) is 0. The fourth-order valence-electron chi connectivity index (χ4n) is 1.54. The molecular formula is C13H14F3NO. The number of para-hydroxylation sites is 1. The quantitative estimate of drug-likeness (QED) is 0.873. The van der Waals surface area contributed by atoms with Crippen molar-refractivity contribution in [3.63, 3.8) is 0 Å². The molecule has 0 heterocycles. The summed E-state index contributed by atoms with van der Waals surface area (Å²) in [6.07, 6.45) is 1.15. The Kier molecular flexibility index (Phi) is 3.91. The average Bonchev–Trinajstić information content (AvgIpc) is 3.08. The summed E-state index contributed by atoms with van der Waals surface area (Å²) in [5.74, 6) is -0.173. The molecule has 0 saturated heterocycles. The van der Waals surface area contributed by atoms with Crippen LogP contribution in [0.4, 0.5) is 13.2 Å². The van der Waals surface area contributed by atoms with E-state index < -0.39 is 6.36 Å². The van der Waals surface area contributed by atoms with Crippen LogP contribution in [-0.4, -0.2) is 18.9 Å². The highest BCUT2D eigenvalue weighted by Gasteiger charge is 2.31. The van der Waals surface area contributed by atoms with Gasteiger partial charge in [0.15, 0.2) is 0 Å². The minimum atomic E-state index is -4.66. The predicted molar refractivity (Wildman–Crippen MR) is 63.2 cm³/mol. The third-order valence-corrected chi connectivity index (χ3v) is 2.54. The monoisotopic (exact) mass is 257 g/mol. The number of rotatable bonds is 5. The van der Waals surface area contributed by atoms with E-state index in [-0.39, 0.29) is 5.75 Å². The fourth-order valence-corrected chi connectivity index (χ4v) is 1.54. The molecule has 5 heteroatoms. The van der Waals surface area contributed by atoms with Crippen molar-refractivity contribution in [1.29, 1.82) is 0 Å². The Balaban J connectivity index is 1.97. The highest BCUT2D eigenvalue weighted by molar-refractivity contribution is 5.57. The summed E-state index contributed by atoms with van der Waals surface area (Å²) in [5.41, 5.74) is 0.424. The molecule has 18 heavy (non-hydrogen) atoms. The summed E-state index contributed by atoms with van der Waals surface area (Å²) in [5, 5.41) is 3.24. The van der Waals surface area contributed by atoms with Crippen LogP contribution in [0.15, 0.2) is 30.3 Å². The van der Waals surface area contributed by atoms with Crippen LogP contribution in [0.5, 0.6) is 5.75 Å². The van der Waals surface area contributed by atoms with Gasteiger partial charge < -0.3 is 10.1 Å². The maximum absolute atomic E-state index is 12.2. The Hall–Kier alpha value is -1.49. The number of benzene rings is 1. The van der Waals surface area contributed by atoms with Crippen molar-refractivity contribution in [2.75, 3.05) is 6.54 Å². The molecular weight excluding hydrogens is 243 g/mol. The molecule has 1 fully saturated rings. The number of ether oxygens (including phenoxy) is 1. The lowest BCUT2D eigenvalue weighted by molar-refractivity contribution is -0.274. The molecule has 0 bridgehead atoms. The van der Waals surface area contributed by atoms with Crippen molar-refractivity contribution in [3.8, 4) is 5.75 Å². The van der Waals surface area contributed by atoms with Crippen LogP contribution in [-0.2, 0) is 0 Å². The second-order valence-corrected chi connectivity index (χ2v) is 4.17. The first-order valence-electron chi connectivity index (χ1n) is 5.79. The van der Waals surface area contributed by atoms with E-state index in [1.807, 2.05) is 0 Å². The molecule has 0 atom stereocenters. The van der Waals surface area contributed by atoms with E-state index in [1.165, 1.54) is 25.0 Å². The van der Waals surface area contributed by atoms with Gasteiger partial charge in [-0.25, -0.2) is 0 Å². The molecule has 1 aromatic rings. The molecule has 2 nitrogen and oxygen atoms in total. The molecule has 1 aromatic carbocycles. The number of hydrogen-bond donors (Lipinski definition) is 1. The zero-order valence-corrected chi connectivity index (χ0v) is 9.70. The number of alkyl halides is 3. The summed E-state index contributed by atoms with van der Waals surface area (Å²) in [6, 6.07) is 6.67. The topological polar surface area (TPSA) is 21.3 Å². The minimum absolute atomic E-state index is 0.173. The summed E-state index contributed by atoms with van der Waals surface area (Å²) < 4.78 is 40.4. The molecule has 1 N–H and O–H groups in total. The van der Waals surface area contributed by atoms with Crippen molar-refractivity contribution in [2.24, 2.45) is 0 Å². The first kappa shape index (κ1) is 13.0. The number of hydrogen-bond acceptors (Lipinski definition) is 2. The van der Waals surface area contributed by atoms with Crippen molar-refractivity contribution in [2.45, 2.75) is 25.2 Å². The second kappa shape index (κ2) is 5.44. The fraction of sp³-hybridized carbons (Fsp3) is 0.385. The molecule has 2 rings (SSSR count). The Bertz CT molecular complexity index is 424. The zero-order chi connectivity index (χ0) is 13.0. The van der Waals surface area contributed by atoms with Crippen LogP contribution >= 0.6 is 0 Å². The first-order valence-corrected chi connectivity index (χ1v) is 5.79. The van der Waals surface area contributed by atoms with E-state index in [9.17, 15) is 13.2 Å². The van der Waals surface area contributed by atoms with Gasteiger partial charge in [0.05, 0.1) is 0 Å². The van der Waals surface area contributed by atoms with E-state index >= 15 is 0 Å². The Morgan fingerprint density at radius 3 is 2.67 bits per heavy atom. The van der Waals surface area contributed by atoms with Crippen molar-refractivity contribution < 1.29 is 17.9 Å². The average molecular weight is 257 g/mol. The normalized spacial score (nSPS) is 16.2. The lowest BCUT2D eigenvalue weighted by atomic mass is 10.2. The zero-order valence-electron chi connectivity index (χ0n) is 9.70. The van der Waals surface area contributed by atoms with Gasteiger partial charge in [0.1, 0.15) is 5.75 Å². The highest BCUT2D eigenvalue weighted by Crippen LogP contribution is 2.27. The molecule has 0 amide bonds. The highest BCUT2D eigenvalue weighted by atomic mass is 19.4. The lowest BCUT2D eigenvalue weighted by Crippen LogP contribution is -2.17. The van der Waals surface area contributed by atoms with E-state index in [0.717, 1.165) is 0 Å². The standard InChI is InChI=1S/C13H14F3NO/c14-13(15,16)18-12-6-2-1-4-10(12)5-3-9-17-11-7-8-11/h1-6,11,17H,7-9H2. The summed E-state index contributed by atoms with van der Waals surface area (Å²) in [6.45, 7) is 0.658. The predicted octanol–water partition coefficient (Wildman–Crippen LogP) is 3.35. The second-order valence-electron chi connectivity index (χ2n) is 4.17. The van der Waals surface area contributed by atoms with Gasteiger partial charge in [-0.3, -0.25) is 0 Å². The van der Waals surface area contributed by atoms with Gasteiger partial charge in [-0.1, -0.05) is 30.4 Å². The van der Waals surface area contributed by atoms with Crippen LogP contribution in [0.25, 0.3) is 6.08 Å². The number of nitrogens with one attached hydrogen (secondary N) is 1.